The average Bonchev–Trinajstić information content (AvgIpc) is 2.43. The molecular weight excluding hydrogens is 258 g/mol. The summed E-state index contributed by atoms with van der Waals surface area (Å²) in [7, 11) is 1.88. The van der Waals surface area contributed by atoms with Crippen molar-refractivity contribution in [3.8, 4) is 0 Å². The lowest BCUT2D eigenvalue weighted by molar-refractivity contribution is -0.121. The minimum absolute atomic E-state index is 0.0186. The maximum Gasteiger partial charge on any atom is 0.242 e. The van der Waals surface area contributed by atoms with Gasteiger partial charge in [0.25, 0.3) is 0 Å². The van der Waals surface area contributed by atoms with Crippen LogP contribution >= 0.6 is 12.2 Å². The molecule has 19 heavy (non-hydrogen) atoms. The van der Waals surface area contributed by atoms with Gasteiger partial charge in [-0.2, -0.15) is 0 Å². The number of thiocarbonyl (C=S) groups is 1. The zero-order chi connectivity index (χ0) is 14.4. The smallest absolute Gasteiger partial charge is 0.242 e. The molecule has 0 radical (unpaired) electrons. The van der Waals surface area contributed by atoms with Gasteiger partial charge < -0.3 is 16.0 Å². The highest BCUT2D eigenvalue weighted by molar-refractivity contribution is 7.80. The molecule has 1 rings (SSSR count). The van der Waals surface area contributed by atoms with Gasteiger partial charge in [-0.15, -0.1) is 0 Å². The van der Waals surface area contributed by atoms with E-state index in [9.17, 15) is 4.79 Å². The molecule has 3 N–H and O–H groups in total. The van der Waals surface area contributed by atoms with E-state index in [0.717, 1.165) is 17.7 Å². The summed E-state index contributed by atoms with van der Waals surface area (Å²) in [6.45, 7) is 4.60. The predicted octanol–water partition coefficient (Wildman–Crippen LogP) is 1.67. The molecule has 1 aromatic carbocycles. The van der Waals surface area contributed by atoms with Gasteiger partial charge in [0.1, 0.15) is 11.0 Å². The maximum absolute atomic E-state index is 11.9. The van der Waals surface area contributed by atoms with Crippen LogP contribution in [-0.4, -0.2) is 30.5 Å². The van der Waals surface area contributed by atoms with E-state index in [0.29, 0.717) is 11.5 Å². The van der Waals surface area contributed by atoms with Crippen molar-refractivity contribution in [3.05, 3.63) is 29.8 Å². The number of hydrogen-bond donors (Lipinski definition) is 2. The zero-order valence-corrected chi connectivity index (χ0v) is 12.5. The van der Waals surface area contributed by atoms with Crippen molar-refractivity contribution < 1.29 is 4.79 Å². The Labute approximate surface area is 120 Å². The Morgan fingerprint density at radius 2 is 2.21 bits per heavy atom. The number of rotatable bonds is 6. The highest BCUT2D eigenvalue weighted by atomic mass is 32.1. The molecule has 1 atom stereocenters. The highest BCUT2D eigenvalue weighted by Gasteiger charge is 2.18. The maximum atomic E-state index is 11.9. The molecule has 1 aromatic rings. The van der Waals surface area contributed by atoms with Gasteiger partial charge in [-0.3, -0.25) is 4.79 Å². The molecule has 0 aliphatic rings. The Morgan fingerprint density at radius 3 is 2.79 bits per heavy atom. The molecule has 1 unspecified atom stereocenters. The largest absolute Gasteiger partial charge is 0.389 e. The topological polar surface area (TPSA) is 58.4 Å². The number of nitrogens with two attached hydrogens (primary N) is 1. The molecule has 1 amide bonds. The third kappa shape index (κ3) is 4.21. The lowest BCUT2D eigenvalue weighted by Gasteiger charge is -2.26. The summed E-state index contributed by atoms with van der Waals surface area (Å²) in [6.07, 6.45) is 0.930. The summed E-state index contributed by atoms with van der Waals surface area (Å²) < 4.78 is 0. The number of nitrogens with zero attached hydrogens (tertiary/aromatic N) is 1. The first-order chi connectivity index (χ1) is 8.97. The third-order valence-electron chi connectivity index (χ3n) is 3.05. The first-order valence-corrected chi connectivity index (χ1v) is 6.78. The van der Waals surface area contributed by atoms with Crippen molar-refractivity contribution in [1.29, 1.82) is 0 Å². The first kappa shape index (κ1) is 15.4. The van der Waals surface area contributed by atoms with Gasteiger partial charge in [0.2, 0.25) is 5.91 Å². The van der Waals surface area contributed by atoms with Gasteiger partial charge in [0.15, 0.2) is 0 Å². The van der Waals surface area contributed by atoms with Crippen LogP contribution in [-0.2, 0) is 4.79 Å². The van der Waals surface area contributed by atoms with Crippen LogP contribution in [0.2, 0.25) is 0 Å². The molecule has 5 heteroatoms. The van der Waals surface area contributed by atoms with E-state index in [2.05, 4.69) is 5.32 Å². The monoisotopic (exact) mass is 279 g/mol. The van der Waals surface area contributed by atoms with Crippen LogP contribution in [0.25, 0.3) is 0 Å². The van der Waals surface area contributed by atoms with Crippen LogP contribution in [0.3, 0.4) is 0 Å². The normalized spacial score (nSPS) is 11.7. The van der Waals surface area contributed by atoms with Crippen LogP contribution < -0.4 is 16.0 Å². The first-order valence-electron chi connectivity index (χ1n) is 6.37. The Balaban J connectivity index is 2.81. The molecule has 0 aromatic heterocycles. The number of benzene rings is 1. The van der Waals surface area contributed by atoms with E-state index in [4.69, 9.17) is 18.0 Å². The van der Waals surface area contributed by atoms with Gasteiger partial charge in [-0.25, -0.2) is 0 Å². The number of amides is 1. The van der Waals surface area contributed by atoms with Gasteiger partial charge >= 0.3 is 0 Å². The van der Waals surface area contributed by atoms with Crippen molar-refractivity contribution >= 4 is 28.8 Å². The molecule has 0 fully saturated rings. The lowest BCUT2D eigenvalue weighted by atomic mass is 10.1. The second kappa shape index (κ2) is 7.09. The SMILES string of the molecule is CCCNC(=O)C(C)N(C)c1cccc(C(N)=S)c1. The number of hydrogen-bond acceptors (Lipinski definition) is 3. The lowest BCUT2D eigenvalue weighted by Crippen LogP contribution is -2.43. The summed E-state index contributed by atoms with van der Waals surface area (Å²) in [5.41, 5.74) is 7.34. The standard InChI is InChI=1S/C14H21N3OS/c1-4-8-16-14(18)10(2)17(3)12-7-5-6-11(9-12)13(15)19/h5-7,9-10H,4,8H2,1-3H3,(H2,15,19)(H,16,18). The summed E-state index contributed by atoms with van der Waals surface area (Å²) in [5, 5.41) is 2.89. The molecule has 0 spiro atoms. The summed E-state index contributed by atoms with van der Waals surface area (Å²) in [6, 6.07) is 7.34. The Morgan fingerprint density at radius 1 is 1.53 bits per heavy atom. The van der Waals surface area contributed by atoms with Gasteiger partial charge in [0, 0.05) is 24.8 Å². The number of anilines is 1. The average molecular weight is 279 g/mol. The van der Waals surface area contributed by atoms with Crippen molar-refractivity contribution in [2.75, 3.05) is 18.5 Å². The molecule has 4 nitrogen and oxygen atoms in total. The highest BCUT2D eigenvalue weighted by Crippen LogP contribution is 2.17. The summed E-state index contributed by atoms with van der Waals surface area (Å²) in [4.78, 5) is 14.2. The van der Waals surface area contributed by atoms with Crippen LogP contribution in [0.4, 0.5) is 5.69 Å². The van der Waals surface area contributed by atoms with E-state index in [-0.39, 0.29) is 11.9 Å². The quantitative estimate of drug-likeness (QED) is 0.778. The zero-order valence-electron chi connectivity index (χ0n) is 11.6. The molecule has 0 aliphatic carbocycles. The summed E-state index contributed by atoms with van der Waals surface area (Å²) in [5.74, 6) is 0.0186. The molecule has 0 bridgehead atoms. The molecule has 104 valence electrons. The fourth-order valence-electron chi connectivity index (χ4n) is 1.67. The van der Waals surface area contributed by atoms with Crippen LogP contribution in [0, 0.1) is 0 Å². The van der Waals surface area contributed by atoms with Crippen molar-refractivity contribution in [2.24, 2.45) is 5.73 Å². The van der Waals surface area contributed by atoms with E-state index in [1.165, 1.54) is 0 Å². The van der Waals surface area contributed by atoms with Gasteiger partial charge in [0.05, 0.1) is 0 Å². The molecular formula is C14H21N3OS. The third-order valence-corrected chi connectivity index (χ3v) is 3.28. The Kier molecular flexibility index (Phi) is 5.76. The van der Waals surface area contributed by atoms with E-state index < -0.39 is 0 Å². The van der Waals surface area contributed by atoms with Crippen molar-refractivity contribution in [3.63, 3.8) is 0 Å². The molecule has 0 saturated carbocycles. The minimum Gasteiger partial charge on any atom is -0.389 e. The fourth-order valence-corrected chi connectivity index (χ4v) is 1.80. The van der Waals surface area contributed by atoms with Gasteiger partial charge in [-0.1, -0.05) is 31.3 Å². The number of carbonyl (C=O) groups excluding carboxylic acids is 1. The fraction of sp³-hybridized carbons (Fsp3) is 0.429. The number of likely N-dealkylation sites (N-methyl/N-ethyl adjacent to an activating group) is 1. The van der Waals surface area contributed by atoms with Crippen LogP contribution in [0.5, 0.6) is 0 Å². The molecule has 0 heterocycles. The predicted molar refractivity (Wildman–Crippen MR) is 83.5 cm³/mol. The summed E-state index contributed by atoms with van der Waals surface area (Å²) >= 11 is 4.96. The second-order valence-electron chi connectivity index (χ2n) is 4.49. The van der Waals surface area contributed by atoms with E-state index >= 15 is 0 Å². The number of carbonyl (C=O) groups is 1. The Hall–Kier alpha value is -1.62. The molecule has 0 aliphatic heterocycles. The Bertz CT molecular complexity index is 462. The van der Waals surface area contributed by atoms with E-state index in [1.807, 2.05) is 50.1 Å². The minimum atomic E-state index is -0.242. The van der Waals surface area contributed by atoms with Crippen molar-refractivity contribution in [2.45, 2.75) is 26.3 Å². The van der Waals surface area contributed by atoms with Crippen molar-refractivity contribution in [1.82, 2.24) is 5.32 Å². The molecule has 0 saturated heterocycles. The second-order valence-corrected chi connectivity index (χ2v) is 4.93. The van der Waals surface area contributed by atoms with E-state index in [1.54, 1.807) is 0 Å². The van der Waals surface area contributed by atoms with Crippen LogP contribution in [0.1, 0.15) is 25.8 Å². The van der Waals surface area contributed by atoms with Gasteiger partial charge in [-0.05, 0) is 25.5 Å². The van der Waals surface area contributed by atoms with Crippen LogP contribution in [0.15, 0.2) is 24.3 Å². The number of nitrogens with one attached hydrogen (secondary N) is 1.